The Kier molecular flexibility index (Phi) is 12.5. The first-order chi connectivity index (χ1) is 13.3. The molecule has 0 spiro atoms. The van der Waals surface area contributed by atoms with E-state index in [0.717, 1.165) is 0 Å². The third-order valence-electron chi connectivity index (χ3n) is 2.65. The molecule has 0 aliphatic carbocycles. The molecule has 0 aliphatic heterocycles. The third kappa shape index (κ3) is 11.7. The average Bonchev–Trinajstić information content (AvgIpc) is 2.63. The molecule has 5 N–H and O–H groups in total. The van der Waals surface area contributed by atoms with E-state index in [4.69, 9.17) is 4.74 Å². The number of hydrogen-bond acceptors (Lipinski definition) is 7. The van der Waals surface area contributed by atoms with Crippen molar-refractivity contribution in [3.05, 3.63) is 60.2 Å². The zero-order valence-electron chi connectivity index (χ0n) is 15.7. The van der Waals surface area contributed by atoms with E-state index < -0.39 is 18.2 Å². The largest absolute Gasteiger partial charge is 0.507 e. The molecule has 0 fully saturated rings. The van der Waals surface area contributed by atoms with Gasteiger partial charge in [0, 0.05) is 0 Å². The van der Waals surface area contributed by atoms with E-state index >= 15 is 0 Å². The predicted molar refractivity (Wildman–Crippen MR) is 102 cm³/mol. The lowest BCUT2D eigenvalue weighted by molar-refractivity contribution is 0.0731. The molecule has 0 unspecified atom stereocenters. The maximum atomic E-state index is 11.7. The third-order valence-corrected chi connectivity index (χ3v) is 2.65. The van der Waals surface area contributed by atoms with Crippen LogP contribution >= 0.6 is 0 Å². The first-order valence-corrected chi connectivity index (χ1v) is 8.21. The van der Waals surface area contributed by atoms with Crippen molar-refractivity contribution in [2.45, 2.75) is 13.8 Å². The fourth-order valence-electron chi connectivity index (χ4n) is 1.58. The number of aromatic hydroxyl groups is 1. The van der Waals surface area contributed by atoms with Gasteiger partial charge in [-0.1, -0.05) is 30.3 Å². The highest BCUT2D eigenvalue weighted by atomic mass is 16.5. The van der Waals surface area contributed by atoms with Crippen molar-refractivity contribution in [2.75, 3.05) is 13.2 Å². The number of rotatable bonds is 4. The second-order valence-electron chi connectivity index (χ2n) is 4.72. The zero-order valence-corrected chi connectivity index (χ0v) is 15.7. The van der Waals surface area contributed by atoms with Crippen LogP contribution in [0.3, 0.4) is 0 Å². The van der Waals surface area contributed by atoms with E-state index in [1.165, 1.54) is 12.1 Å². The maximum absolute atomic E-state index is 11.7. The highest BCUT2D eigenvalue weighted by molar-refractivity contribution is 5.93. The minimum atomic E-state index is -0.711. The summed E-state index contributed by atoms with van der Waals surface area (Å²) in [6.07, 6.45) is -1.42. The number of ether oxygens (including phenoxy) is 3. The van der Waals surface area contributed by atoms with Crippen molar-refractivity contribution in [3.63, 3.8) is 0 Å². The van der Waals surface area contributed by atoms with Gasteiger partial charge in [-0.15, -0.1) is 0 Å². The van der Waals surface area contributed by atoms with Gasteiger partial charge in [-0.2, -0.15) is 0 Å². The Hall–Kier alpha value is -3.75. The van der Waals surface area contributed by atoms with Crippen LogP contribution in [0, 0.1) is 0 Å². The lowest BCUT2D eigenvalue weighted by Gasteiger charge is -2.04. The minimum absolute atomic E-state index is 0.0802. The maximum Gasteiger partial charge on any atom is 0.404 e. The molecular weight excluding hydrogens is 368 g/mol. The van der Waals surface area contributed by atoms with Crippen LogP contribution < -0.4 is 16.2 Å². The topological polar surface area (TPSA) is 151 Å². The monoisotopic (exact) mass is 392 g/mol. The summed E-state index contributed by atoms with van der Waals surface area (Å²) in [5.74, 6) is -0.191. The summed E-state index contributed by atoms with van der Waals surface area (Å²) >= 11 is 0. The van der Waals surface area contributed by atoms with Crippen LogP contribution in [0.15, 0.2) is 54.6 Å². The van der Waals surface area contributed by atoms with Gasteiger partial charge in [-0.3, -0.25) is 0 Å². The van der Waals surface area contributed by atoms with Gasteiger partial charge in [-0.25, -0.2) is 14.4 Å². The fourth-order valence-corrected chi connectivity index (χ4v) is 1.58. The van der Waals surface area contributed by atoms with E-state index in [2.05, 4.69) is 20.9 Å². The zero-order chi connectivity index (χ0) is 21.4. The fraction of sp³-hybridized carbons (Fsp3) is 0.211. The van der Waals surface area contributed by atoms with E-state index in [-0.39, 0.29) is 11.3 Å². The van der Waals surface area contributed by atoms with Crippen molar-refractivity contribution in [2.24, 2.45) is 11.5 Å². The van der Waals surface area contributed by atoms with Gasteiger partial charge in [0.15, 0.2) is 0 Å². The number of para-hydroxylation sites is 2. The lowest BCUT2D eigenvalue weighted by Crippen LogP contribution is -2.11. The number of esters is 1. The Morgan fingerprint density at radius 1 is 0.821 bits per heavy atom. The van der Waals surface area contributed by atoms with Crippen molar-refractivity contribution >= 4 is 18.2 Å². The number of primary amides is 2. The number of phenolic OH excluding ortho intramolecular Hbond substituents is 1. The molecule has 0 atom stereocenters. The number of phenols is 1. The Labute approximate surface area is 162 Å². The van der Waals surface area contributed by atoms with Gasteiger partial charge in [0.1, 0.15) is 17.1 Å². The molecule has 9 nitrogen and oxygen atoms in total. The quantitative estimate of drug-likeness (QED) is 0.534. The minimum Gasteiger partial charge on any atom is -0.507 e. The van der Waals surface area contributed by atoms with Crippen molar-refractivity contribution in [1.82, 2.24) is 0 Å². The normalized spacial score (nSPS) is 8.79. The van der Waals surface area contributed by atoms with E-state index in [9.17, 15) is 19.5 Å². The SMILES string of the molecule is CCOC(N)=O.CCOC(N)=O.O=C(Oc1ccccc1)c1ccccc1O. The second-order valence-corrected chi connectivity index (χ2v) is 4.72. The Morgan fingerprint density at radius 3 is 1.68 bits per heavy atom. The smallest absolute Gasteiger partial charge is 0.404 e. The van der Waals surface area contributed by atoms with E-state index in [1.807, 2.05) is 6.07 Å². The highest BCUT2D eigenvalue weighted by Crippen LogP contribution is 2.18. The summed E-state index contributed by atoms with van der Waals surface area (Å²) < 4.78 is 13.4. The summed E-state index contributed by atoms with van der Waals surface area (Å²) in [4.78, 5) is 30.9. The predicted octanol–water partition coefficient (Wildman–Crippen LogP) is 2.81. The molecule has 2 aromatic carbocycles. The van der Waals surface area contributed by atoms with Gasteiger partial charge in [0.2, 0.25) is 0 Å². The molecule has 2 rings (SSSR count). The van der Waals surface area contributed by atoms with E-state index in [1.54, 1.807) is 50.2 Å². The first kappa shape index (κ1) is 24.2. The first-order valence-electron chi connectivity index (χ1n) is 8.21. The van der Waals surface area contributed by atoms with Crippen LogP contribution in [-0.2, 0) is 9.47 Å². The van der Waals surface area contributed by atoms with Crippen molar-refractivity contribution < 1.29 is 33.7 Å². The van der Waals surface area contributed by atoms with E-state index in [0.29, 0.717) is 19.0 Å². The number of carbonyl (C=O) groups excluding carboxylic acids is 3. The molecular formula is C19H24N2O7. The van der Waals surface area contributed by atoms with Crippen molar-refractivity contribution in [3.8, 4) is 11.5 Å². The molecule has 0 aromatic heterocycles. The van der Waals surface area contributed by atoms with Crippen LogP contribution in [-0.4, -0.2) is 36.5 Å². The molecule has 2 amide bonds. The number of amides is 2. The van der Waals surface area contributed by atoms with Crippen LogP contribution in [0.1, 0.15) is 24.2 Å². The highest BCUT2D eigenvalue weighted by Gasteiger charge is 2.12. The van der Waals surface area contributed by atoms with Gasteiger partial charge in [0.25, 0.3) is 0 Å². The molecule has 0 saturated heterocycles. The average molecular weight is 392 g/mol. The molecule has 0 heterocycles. The van der Waals surface area contributed by atoms with Crippen molar-refractivity contribution in [1.29, 1.82) is 0 Å². The number of benzene rings is 2. The van der Waals surface area contributed by atoms with Gasteiger partial charge in [-0.05, 0) is 38.1 Å². The van der Waals surface area contributed by atoms with Crippen LogP contribution in [0.4, 0.5) is 9.59 Å². The van der Waals surface area contributed by atoms with Crippen LogP contribution in [0.5, 0.6) is 11.5 Å². The summed E-state index contributed by atoms with van der Waals surface area (Å²) in [6.45, 7) is 4.11. The number of hydrogen-bond donors (Lipinski definition) is 3. The summed E-state index contributed by atoms with van der Waals surface area (Å²) in [7, 11) is 0. The number of carbonyl (C=O) groups is 3. The molecule has 152 valence electrons. The summed E-state index contributed by atoms with van der Waals surface area (Å²) in [5, 5.41) is 9.46. The molecule has 0 radical (unpaired) electrons. The second kappa shape index (κ2) is 14.4. The molecule has 0 aliphatic rings. The molecule has 28 heavy (non-hydrogen) atoms. The molecule has 9 heteroatoms. The van der Waals surface area contributed by atoms with Gasteiger partial charge < -0.3 is 30.8 Å². The summed E-state index contributed by atoms with van der Waals surface area (Å²) in [5.41, 5.74) is 9.24. The summed E-state index contributed by atoms with van der Waals surface area (Å²) in [6, 6.07) is 15.0. The van der Waals surface area contributed by atoms with Gasteiger partial charge in [0.05, 0.1) is 13.2 Å². The Morgan fingerprint density at radius 2 is 1.29 bits per heavy atom. The number of nitrogens with two attached hydrogens (primary N) is 2. The Balaban J connectivity index is 0.000000505. The molecule has 2 aromatic rings. The van der Waals surface area contributed by atoms with Crippen LogP contribution in [0.25, 0.3) is 0 Å². The molecule has 0 saturated carbocycles. The van der Waals surface area contributed by atoms with Crippen LogP contribution in [0.2, 0.25) is 0 Å². The molecule has 0 bridgehead atoms. The van der Waals surface area contributed by atoms with Gasteiger partial charge >= 0.3 is 18.2 Å². The Bertz CT molecular complexity index is 720. The standard InChI is InChI=1S/C13H10O3.2C3H7NO2/c14-12-9-5-4-8-11(12)13(15)16-10-6-2-1-3-7-10;2*1-2-6-3(4)5/h1-9,14H;2*2H2,1H3,(H2,4,5). The lowest BCUT2D eigenvalue weighted by atomic mass is 10.2.